The molecule has 1 aliphatic carbocycles. The highest BCUT2D eigenvalue weighted by molar-refractivity contribution is 5.24. The van der Waals surface area contributed by atoms with Gasteiger partial charge in [-0.05, 0) is 31.1 Å². The standard InChI is InChI=1S/C15H24O2/c1-9(2)13-8-14-11(4)5-6-12(14)10(3)7-15(13,16)17-14/h9,11-13,16H,3,5-8H2,1-2,4H3/t11-,12+,13-,14+,15-/m1/s1. The molecule has 1 N–H and O–H groups in total. The van der Waals surface area contributed by atoms with E-state index < -0.39 is 5.79 Å². The molecular weight excluding hydrogens is 212 g/mol. The Morgan fingerprint density at radius 3 is 2.76 bits per heavy atom. The summed E-state index contributed by atoms with van der Waals surface area (Å²) >= 11 is 0. The van der Waals surface area contributed by atoms with E-state index >= 15 is 0 Å². The van der Waals surface area contributed by atoms with Gasteiger partial charge < -0.3 is 9.84 Å². The van der Waals surface area contributed by atoms with Crippen LogP contribution in [-0.2, 0) is 4.74 Å². The fourth-order valence-corrected chi connectivity index (χ4v) is 4.64. The van der Waals surface area contributed by atoms with Crippen LogP contribution in [0.5, 0.6) is 0 Å². The van der Waals surface area contributed by atoms with Crippen molar-refractivity contribution in [2.75, 3.05) is 0 Å². The van der Waals surface area contributed by atoms with Crippen molar-refractivity contribution < 1.29 is 9.84 Å². The van der Waals surface area contributed by atoms with Gasteiger partial charge in [0.1, 0.15) is 0 Å². The van der Waals surface area contributed by atoms with Gasteiger partial charge >= 0.3 is 0 Å². The van der Waals surface area contributed by atoms with E-state index in [1.807, 2.05) is 0 Å². The Labute approximate surface area is 104 Å². The zero-order valence-electron chi connectivity index (χ0n) is 11.2. The van der Waals surface area contributed by atoms with Crippen LogP contribution in [0.1, 0.15) is 46.5 Å². The van der Waals surface area contributed by atoms with Crippen molar-refractivity contribution >= 4 is 0 Å². The van der Waals surface area contributed by atoms with Crippen LogP contribution < -0.4 is 0 Å². The summed E-state index contributed by atoms with van der Waals surface area (Å²) in [7, 11) is 0. The van der Waals surface area contributed by atoms with E-state index in [2.05, 4.69) is 27.4 Å². The fourth-order valence-electron chi connectivity index (χ4n) is 4.64. The molecule has 0 aromatic heterocycles. The Bertz CT molecular complexity index is 362. The second-order valence-electron chi connectivity index (χ2n) is 6.82. The summed E-state index contributed by atoms with van der Waals surface area (Å²) in [5, 5.41) is 10.8. The van der Waals surface area contributed by atoms with Gasteiger partial charge in [0.15, 0.2) is 5.79 Å². The van der Waals surface area contributed by atoms with Crippen molar-refractivity contribution in [1.29, 1.82) is 0 Å². The van der Waals surface area contributed by atoms with Crippen molar-refractivity contribution in [1.82, 2.24) is 0 Å². The average Bonchev–Trinajstić information content (AvgIpc) is 2.65. The van der Waals surface area contributed by atoms with Gasteiger partial charge in [0, 0.05) is 18.3 Å². The molecule has 1 spiro atoms. The predicted octanol–water partition coefficient (Wildman–Crippen LogP) is 3.11. The Morgan fingerprint density at radius 2 is 2.12 bits per heavy atom. The van der Waals surface area contributed by atoms with Gasteiger partial charge in [-0.2, -0.15) is 0 Å². The van der Waals surface area contributed by atoms with E-state index in [1.54, 1.807) is 0 Å². The van der Waals surface area contributed by atoms with Crippen LogP contribution >= 0.6 is 0 Å². The van der Waals surface area contributed by atoms with Crippen LogP contribution in [0.25, 0.3) is 0 Å². The fraction of sp³-hybridized carbons (Fsp3) is 0.867. The van der Waals surface area contributed by atoms with E-state index in [4.69, 9.17) is 4.74 Å². The molecule has 2 saturated heterocycles. The topological polar surface area (TPSA) is 29.5 Å². The number of ether oxygens (including phenoxy) is 1. The second kappa shape index (κ2) is 3.36. The molecule has 5 atom stereocenters. The summed E-state index contributed by atoms with van der Waals surface area (Å²) in [5.74, 6) is 0.852. The molecule has 0 aromatic rings. The molecule has 3 aliphatic rings. The SMILES string of the molecule is C=C1C[C@@]2(O)O[C@@]3(C[C@@H]2C(C)C)[C@H](C)CC[C@@H]13. The molecule has 3 fully saturated rings. The molecule has 2 heteroatoms. The quantitative estimate of drug-likeness (QED) is 0.709. The minimum Gasteiger partial charge on any atom is -0.365 e. The minimum atomic E-state index is -0.930. The van der Waals surface area contributed by atoms with Gasteiger partial charge in [-0.1, -0.05) is 32.9 Å². The lowest BCUT2D eigenvalue weighted by atomic mass is 9.77. The highest BCUT2D eigenvalue weighted by Gasteiger charge is 2.66. The third-order valence-electron chi connectivity index (χ3n) is 5.58. The minimum absolute atomic E-state index is 0.0982. The lowest BCUT2D eigenvalue weighted by molar-refractivity contribution is -0.269. The van der Waals surface area contributed by atoms with Crippen LogP contribution in [0.4, 0.5) is 0 Å². The van der Waals surface area contributed by atoms with E-state index in [0.717, 1.165) is 6.42 Å². The molecule has 0 unspecified atom stereocenters. The third-order valence-corrected chi connectivity index (χ3v) is 5.58. The number of rotatable bonds is 1. The molecule has 0 radical (unpaired) electrons. The molecule has 2 bridgehead atoms. The first-order valence-electron chi connectivity index (χ1n) is 6.99. The highest BCUT2D eigenvalue weighted by Crippen LogP contribution is 2.63. The molecule has 2 aliphatic heterocycles. The molecule has 3 rings (SSSR count). The summed E-state index contributed by atoms with van der Waals surface area (Å²) in [6.45, 7) is 10.9. The Kier molecular flexibility index (Phi) is 2.32. The second-order valence-corrected chi connectivity index (χ2v) is 6.82. The van der Waals surface area contributed by atoms with E-state index in [9.17, 15) is 5.11 Å². The van der Waals surface area contributed by atoms with Crippen molar-refractivity contribution in [3.8, 4) is 0 Å². The molecule has 17 heavy (non-hydrogen) atoms. The van der Waals surface area contributed by atoms with Crippen molar-refractivity contribution in [2.24, 2.45) is 23.7 Å². The van der Waals surface area contributed by atoms with Gasteiger partial charge in [-0.15, -0.1) is 0 Å². The lowest BCUT2D eigenvalue weighted by Crippen LogP contribution is -2.48. The van der Waals surface area contributed by atoms with E-state index in [0.29, 0.717) is 24.2 Å². The average molecular weight is 236 g/mol. The maximum Gasteiger partial charge on any atom is 0.173 e. The summed E-state index contributed by atoms with van der Waals surface area (Å²) in [4.78, 5) is 0. The van der Waals surface area contributed by atoms with Crippen molar-refractivity contribution in [3.63, 3.8) is 0 Å². The Hall–Kier alpha value is -0.340. The van der Waals surface area contributed by atoms with Crippen LogP contribution in [0, 0.1) is 23.7 Å². The number of fused-ring (bicyclic) bond motifs is 1. The van der Waals surface area contributed by atoms with Gasteiger partial charge in [0.05, 0.1) is 5.60 Å². The van der Waals surface area contributed by atoms with Crippen LogP contribution in [-0.4, -0.2) is 16.5 Å². The maximum atomic E-state index is 10.8. The van der Waals surface area contributed by atoms with Crippen LogP contribution in [0.3, 0.4) is 0 Å². The summed E-state index contributed by atoms with van der Waals surface area (Å²) < 4.78 is 6.25. The molecule has 96 valence electrons. The number of aliphatic hydroxyl groups is 1. The monoisotopic (exact) mass is 236 g/mol. The van der Waals surface area contributed by atoms with Gasteiger partial charge in [0.25, 0.3) is 0 Å². The molecule has 2 heterocycles. The molecular formula is C15H24O2. The van der Waals surface area contributed by atoms with Gasteiger partial charge in [-0.3, -0.25) is 0 Å². The zero-order chi connectivity index (χ0) is 12.4. The third kappa shape index (κ3) is 1.34. The number of hydrogen-bond donors (Lipinski definition) is 1. The molecule has 0 amide bonds. The molecule has 0 aromatic carbocycles. The lowest BCUT2D eigenvalue weighted by Gasteiger charge is -2.43. The number of hydrogen-bond acceptors (Lipinski definition) is 2. The zero-order valence-corrected chi connectivity index (χ0v) is 11.2. The highest BCUT2D eigenvalue weighted by atomic mass is 16.6. The summed E-state index contributed by atoms with van der Waals surface area (Å²) in [6, 6.07) is 0. The van der Waals surface area contributed by atoms with Gasteiger partial charge in [0.2, 0.25) is 0 Å². The first kappa shape index (κ1) is 11.7. The van der Waals surface area contributed by atoms with E-state index in [1.165, 1.54) is 18.4 Å². The normalized spacial score (nSPS) is 53.2. The van der Waals surface area contributed by atoms with Gasteiger partial charge in [-0.25, -0.2) is 0 Å². The molecule has 2 nitrogen and oxygen atoms in total. The van der Waals surface area contributed by atoms with E-state index in [-0.39, 0.29) is 11.5 Å². The Morgan fingerprint density at radius 1 is 1.41 bits per heavy atom. The smallest absolute Gasteiger partial charge is 0.173 e. The predicted molar refractivity (Wildman–Crippen MR) is 67.4 cm³/mol. The maximum absolute atomic E-state index is 10.8. The van der Waals surface area contributed by atoms with Crippen molar-refractivity contribution in [2.45, 2.75) is 57.8 Å². The Balaban J connectivity index is 2.04. The van der Waals surface area contributed by atoms with Crippen LogP contribution in [0.2, 0.25) is 0 Å². The largest absolute Gasteiger partial charge is 0.365 e. The van der Waals surface area contributed by atoms with Crippen LogP contribution in [0.15, 0.2) is 12.2 Å². The molecule has 1 saturated carbocycles. The summed E-state index contributed by atoms with van der Waals surface area (Å²) in [6.07, 6.45) is 4.08. The first-order chi connectivity index (χ1) is 7.89. The summed E-state index contributed by atoms with van der Waals surface area (Å²) in [5.41, 5.74) is 1.13. The van der Waals surface area contributed by atoms with Crippen molar-refractivity contribution in [3.05, 3.63) is 12.2 Å². The first-order valence-corrected chi connectivity index (χ1v) is 6.99.